The molecule has 1 unspecified atom stereocenters. The molecule has 1 aliphatic rings. The summed E-state index contributed by atoms with van der Waals surface area (Å²) in [5, 5.41) is 5.74. The first kappa shape index (κ1) is 19.7. The van der Waals surface area contributed by atoms with E-state index in [9.17, 15) is 9.59 Å². The topological polar surface area (TPSA) is 76.7 Å². The van der Waals surface area contributed by atoms with Crippen molar-refractivity contribution in [3.8, 4) is 11.5 Å². The molecule has 6 nitrogen and oxygen atoms in total. The Hall–Kier alpha value is -3.02. The van der Waals surface area contributed by atoms with Gasteiger partial charge in [-0.3, -0.25) is 9.59 Å². The Morgan fingerprint density at radius 3 is 2.46 bits per heavy atom. The Morgan fingerprint density at radius 2 is 1.82 bits per heavy atom. The Morgan fingerprint density at radius 1 is 1.14 bits per heavy atom. The van der Waals surface area contributed by atoms with Crippen molar-refractivity contribution in [3.05, 3.63) is 47.5 Å². The van der Waals surface area contributed by atoms with Gasteiger partial charge < -0.3 is 20.1 Å². The van der Waals surface area contributed by atoms with E-state index < -0.39 is 5.92 Å². The van der Waals surface area contributed by atoms with Crippen LogP contribution in [0.4, 0.5) is 11.4 Å². The second kappa shape index (κ2) is 8.78. The first-order chi connectivity index (χ1) is 13.5. The van der Waals surface area contributed by atoms with Gasteiger partial charge in [0.1, 0.15) is 0 Å². The average Bonchev–Trinajstić information content (AvgIpc) is 2.71. The summed E-state index contributed by atoms with van der Waals surface area (Å²) in [5.74, 6) is 0.0171. The van der Waals surface area contributed by atoms with E-state index in [4.69, 9.17) is 9.47 Å². The van der Waals surface area contributed by atoms with Crippen LogP contribution in [0.5, 0.6) is 11.5 Å². The summed E-state index contributed by atoms with van der Waals surface area (Å²) in [6.07, 6.45) is 3.41. The number of carbonyl (C=O) groups excluding carboxylic acids is 2. The van der Waals surface area contributed by atoms with Crippen LogP contribution in [0.3, 0.4) is 0 Å². The molecule has 1 atom stereocenters. The fraction of sp³-hybridized carbons (Fsp3) is 0.364. The quantitative estimate of drug-likeness (QED) is 0.755. The minimum absolute atomic E-state index is 0.0862. The van der Waals surface area contributed by atoms with E-state index >= 15 is 0 Å². The fourth-order valence-corrected chi connectivity index (χ4v) is 3.39. The van der Waals surface area contributed by atoms with Gasteiger partial charge in [-0.25, -0.2) is 0 Å². The van der Waals surface area contributed by atoms with E-state index in [1.54, 1.807) is 19.2 Å². The molecule has 2 N–H and O–H groups in total. The van der Waals surface area contributed by atoms with Crippen LogP contribution in [0, 0.1) is 0 Å². The number of carbonyl (C=O) groups is 2. The number of hydrogen-bond donors (Lipinski definition) is 2. The maximum Gasteiger partial charge on any atom is 0.232 e. The molecule has 0 spiro atoms. The number of hydrogen-bond acceptors (Lipinski definition) is 4. The summed E-state index contributed by atoms with van der Waals surface area (Å²) in [4.78, 5) is 25.1. The van der Waals surface area contributed by atoms with Gasteiger partial charge in [0.25, 0.3) is 0 Å². The minimum atomic E-state index is -0.594. The Labute approximate surface area is 165 Å². The van der Waals surface area contributed by atoms with Crippen LogP contribution < -0.4 is 20.1 Å². The van der Waals surface area contributed by atoms with Crippen LogP contribution in [0.1, 0.15) is 43.2 Å². The summed E-state index contributed by atoms with van der Waals surface area (Å²) in [6.45, 7) is 2.16. The third-order valence-electron chi connectivity index (χ3n) is 4.95. The van der Waals surface area contributed by atoms with Crippen molar-refractivity contribution >= 4 is 23.2 Å². The van der Waals surface area contributed by atoms with Gasteiger partial charge in [-0.05, 0) is 42.2 Å². The van der Waals surface area contributed by atoms with Crippen molar-refractivity contribution in [2.24, 2.45) is 0 Å². The lowest BCUT2D eigenvalue weighted by atomic mass is 9.89. The highest BCUT2D eigenvalue weighted by Crippen LogP contribution is 2.40. The van der Waals surface area contributed by atoms with E-state index in [0.717, 1.165) is 24.9 Å². The molecule has 0 aliphatic carbocycles. The predicted molar refractivity (Wildman–Crippen MR) is 109 cm³/mol. The number of unbranched alkanes of at least 4 members (excludes halogenated alkanes) is 1. The van der Waals surface area contributed by atoms with E-state index in [1.165, 1.54) is 12.7 Å². The normalized spacial score (nSPS) is 15.4. The second-order valence-electron chi connectivity index (χ2n) is 6.89. The molecule has 28 heavy (non-hydrogen) atoms. The van der Waals surface area contributed by atoms with Gasteiger partial charge >= 0.3 is 0 Å². The molecule has 1 heterocycles. The highest BCUT2D eigenvalue weighted by atomic mass is 16.5. The van der Waals surface area contributed by atoms with Gasteiger partial charge in [0.2, 0.25) is 11.8 Å². The van der Waals surface area contributed by atoms with Gasteiger partial charge in [-0.15, -0.1) is 0 Å². The van der Waals surface area contributed by atoms with Gasteiger partial charge in [0.15, 0.2) is 11.5 Å². The van der Waals surface area contributed by atoms with Crippen LogP contribution in [0.2, 0.25) is 0 Å². The smallest absolute Gasteiger partial charge is 0.232 e. The summed E-state index contributed by atoms with van der Waals surface area (Å²) < 4.78 is 10.6. The maximum atomic E-state index is 12.9. The van der Waals surface area contributed by atoms with Crippen LogP contribution in [-0.2, 0) is 16.0 Å². The SMILES string of the molecule is CCCCc1ccc(NC(=O)C2CC(=O)Nc3cc(OC)c(OC)cc32)cc1. The number of amides is 2. The van der Waals surface area contributed by atoms with Gasteiger partial charge in [-0.2, -0.15) is 0 Å². The Kier molecular flexibility index (Phi) is 6.19. The number of anilines is 2. The summed E-state index contributed by atoms with van der Waals surface area (Å²) in [7, 11) is 3.07. The zero-order valence-corrected chi connectivity index (χ0v) is 16.5. The second-order valence-corrected chi connectivity index (χ2v) is 6.89. The fourth-order valence-electron chi connectivity index (χ4n) is 3.39. The highest BCUT2D eigenvalue weighted by Gasteiger charge is 2.32. The first-order valence-electron chi connectivity index (χ1n) is 9.51. The molecular formula is C22H26N2O4. The summed E-state index contributed by atoms with van der Waals surface area (Å²) in [6, 6.07) is 11.3. The lowest BCUT2D eigenvalue weighted by molar-refractivity contribution is -0.123. The molecular weight excluding hydrogens is 356 g/mol. The molecule has 0 fully saturated rings. The number of methoxy groups -OCH3 is 2. The van der Waals surface area contributed by atoms with Crippen LogP contribution in [-0.4, -0.2) is 26.0 Å². The standard InChI is InChI=1S/C22H26N2O4/c1-4-5-6-14-7-9-15(10-8-14)23-22(26)17-12-21(25)24-18-13-20(28-3)19(27-2)11-16(17)18/h7-11,13,17H,4-6,12H2,1-3H3,(H,23,26)(H,24,25). The predicted octanol–water partition coefficient (Wildman–Crippen LogP) is 4.11. The molecule has 0 radical (unpaired) electrons. The zero-order chi connectivity index (χ0) is 20.1. The lowest BCUT2D eigenvalue weighted by Gasteiger charge is -2.26. The van der Waals surface area contributed by atoms with Crippen molar-refractivity contribution in [1.29, 1.82) is 0 Å². The minimum Gasteiger partial charge on any atom is -0.493 e. The van der Waals surface area contributed by atoms with Crippen LogP contribution in [0.15, 0.2) is 36.4 Å². The molecule has 0 aromatic heterocycles. The highest BCUT2D eigenvalue weighted by molar-refractivity contribution is 6.05. The molecule has 2 aromatic carbocycles. The van der Waals surface area contributed by atoms with Gasteiger partial charge in [0, 0.05) is 23.9 Å². The third kappa shape index (κ3) is 4.27. The van der Waals surface area contributed by atoms with Crippen LogP contribution >= 0.6 is 0 Å². The molecule has 0 saturated heterocycles. The maximum absolute atomic E-state index is 12.9. The molecule has 6 heteroatoms. The molecule has 3 rings (SSSR count). The van der Waals surface area contributed by atoms with Gasteiger partial charge in [0.05, 0.1) is 20.1 Å². The van der Waals surface area contributed by atoms with Gasteiger partial charge in [-0.1, -0.05) is 25.5 Å². The van der Waals surface area contributed by atoms with Crippen molar-refractivity contribution < 1.29 is 19.1 Å². The third-order valence-corrected chi connectivity index (χ3v) is 4.95. The zero-order valence-electron chi connectivity index (χ0n) is 16.5. The Bertz CT molecular complexity index is 862. The van der Waals surface area contributed by atoms with E-state index in [2.05, 4.69) is 17.6 Å². The Balaban J connectivity index is 1.81. The van der Waals surface area contributed by atoms with E-state index in [-0.39, 0.29) is 18.2 Å². The van der Waals surface area contributed by atoms with Crippen molar-refractivity contribution in [2.45, 2.75) is 38.5 Å². The van der Waals surface area contributed by atoms with E-state index in [0.29, 0.717) is 22.7 Å². The molecule has 1 aliphatic heterocycles. The number of rotatable bonds is 7. The average molecular weight is 382 g/mol. The lowest BCUT2D eigenvalue weighted by Crippen LogP contribution is -2.30. The number of aryl methyl sites for hydroxylation is 1. The van der Waals surface area contributed by atoms with Crippen molar-refractivity contribution in [1.82, 2.24) is 0 Å². The van der Waals surface area contributed by atoms with Crippen molar-refractivity contribution in [3.63, 3.8) is 0 Å². The molecule has 0 saturated carbocycles. The first-order valence-corrected chi connectivity index (χ1v) is 9.51. The largest absolute Gasteiger partial charge is 0.493 e. The molecule has 2 amide bonds. The monoisotopic (exact) mass is 382 g/mol. The summed E-state index contributed by atoms with van der Waals surface area (Å²) >= 11 is 0. The number of nitrogens with one attached hydrogen (secondary N) is 2. The number of ether oxygens (including phenoxy) is 2. The number of benzene rings is 2. The molecule has 0 bridgehead atoms. The molecule has 2 aromatic rings. The van der Waals surface area contributed by atoms with E-state index in [1.807, 2.05) is 24.3 Å². The van der Waals surface area contributed by atoms with Crippen LogP contribution in [0.25, 0.3) is 0 Å². The number of fused-ring (bicyclic) bond motifs is 1. The van der Waals surface area contributed by atoms with Crippen molar-refractivity contribution in [2.75, 3.05) is 24.9 Å². The molecule has 148 valence electrons. The summed E-state index contributed by atoms with van der Waals surface area (Å²) in [5.41, 5.74) is 3.26.